The summed E-state index contributed by atoms with van der Waals surface area (Å²) in [5.74, 6) is 0.753. The second kappa shape index (κ2) is 9.40. The number of benzene rings is 1. The maximum absolute atomic E-state index is 13.1. The van der Waals surface area contributed by atoms with Gasteiger partial charge in [-0.2, -0.15) is 5.10 Å². The molecule has 0 spiro atoms. The van der Waals surface area contributed by atoms with Crippen molar-refractivity contribution in [3.05, 3.63) is 41.0 Å². The largest absolute Gasteiger partial charge is 0.339 e. The van der Waals surface area contributed by atoms with Gasteiger partial charge in [-0.3, -0.25) is 9.48 Å². The van der Waals surface area contributed by atoms with Gasteiger partial charge in [0.2, 0.25) is 0 Å². The fourth-order valence-corrected chi connectivity index (χ4v) is 3.67. The molecule has 5 nitrogen and oxygen atoms in total. The van der Waals surface area contributed by atoms with E-state index >= 15 is 0 Å². The number of nitrogens with zero attached hydrogens (tertiary/aromatic N) is 3. The molecule has 0 saturated carbocycles. The van der Waals surface area contributed by atoms with E-state index in [1.807, 2.05) is 43.3 Å². The molecule has 1 aromatic carbocycles. The molecule has 1 aliphatic heterocycles. The van der Waals surface area contributed by atoms with Crippen LogP contribution in [0.2, 0.25) is 5.02 Å². The Morgan fingerprint density at radius 1 is 1.31 bits per heavy atom. The number of hydrogen-bond acceptors (Lipinski definition) is 3. The van der Waals surface area contributed by atoms with Gasteiger partial charge in [0.25, 0.3) is 5.91 Å². The SMILES string of the molecule is CNCCC1CCN(C(=O)c2cn(C)nc2-c2ccccc2Cl)CC1.Cl. The molecule has 3 rings (SSSR count). The molecule has 1 amide bonds. The first-order valence-corrected chi connectivity index (χ1v) is 9.20. The van der Waals surface area contributed by atoms with Crippen LogP contribution in [0.5, 0.6) is 0 Å². The highest BCUT2D eigenvalue weighted by Crippen LogP contribution is 2.30. The molecular formula is C19H26Cl2N4O. The number of carbonyl (C=O) groups is 1. The molecule has 1 fully saturated rings. The van der Waals surface area contributed by atoms with E-state index in [-0.39, 0.29) is 18.3 Å². The van der Waals surface area contributed by atoms with E-state index in [0.717, 1.165) is 38.0 Å². The third kappa shape index (κ3) is 4.58. The first-order chi connectivity index (χ1) is 12.1. The zero-order valence-electron chi connectivity index (χ0n) is 15.2. The smallest absolute Gasteiger partial charge is 0.257 e. The Morgan fingerprint density at radius 3 is 2.65 bits per heavy atom. The van der Waals surface area contributed by atoms with E-state index in [1.165, 1.54) is 6.42 Å². The summed E-state index contributed by atoms with van der Waals surface area (Å²) in [6, 6.07) is 7.53. The number of rotatable bonds is 5. The molecule has 1 aliphatic rings. The first kappa shape index (κ1) is 20.7. The van der Waals surface area contributed by atoms with Gasteiger partial charge in [0.15, 0.2) is 0 Å². The fraction of sp³-hybridized carbons (Fsp3) is 0.474. The molecule has 26 heavy (non-hydrogen) atoms. The third-order valence-electron chi connectivity index (χ3n) is 4.89. The zero-order chi connectivity index (χ0) is 17.8. The Labute approximate surface area is 166 Å². The number of aromatic nitrogens is 2. The summed E-state index contributed by atoms with van der Waals surface area (Å²) in [4.78, 5) is 15.0. The fourth-order valence-electron chi connectivity index (χ4n) is 3.44. The van der Waals surface area contributed by atoms with E-state index in [9.17, 15) is 4.79 Å². The van der Waals surface area contributed by atoms with E-state index in [2.05, 4.69) is 10.4 Å². The summed E-state index contributed by atoms with van der Waals surface area (Å²) in [6.45, 7) is 2.66. The molecule has 0 aliphatic carbocycles. The number of nitrogens with one attached hydrogen (secondary N) is 1. The summed E-state index contributed by atoms with van der Waals surface area (Å²) in [6.07, 6.45) is 5.11. The van der Waals surface area contributed by atoms with E-state index in [1.54, 1.807) is 10.9 Å². The average molecular weight is 397 g/mol. The lowest BCUT2D eigenvalue weighted by molar-refractivity contribution is 0.0688. The van der Waals surface area contributed by atoms with Crippen molar-refractivity contribution in [1.82, 2.24) is 20.0 Å². The van der Waals surface area contributed by atoms with Crippen LogP contribution in [-0.2, 0) is 7.05 Å². The highest BCUT2D eigenvalue weighted by atomic mass is 35.5. The van der Waals surface area contributed by atoms with Gasteiger partial charge in [-0.1, -0.05) is 29.8 Å². The lowest BCUT2D eigenvalue weighted by Gasteiger charge is -2.32. The van der Waals surface area contributed by atoms with E-state index < -0.39 is 0 Å². The van der Waals surface area contributed by atoms with Crippen LogP contribution in [0.25, 0.3) is 11.3 Å². The molecule has 0 bridgehead atoms. The molecule has 0 radical (unpaired) electrons. The highest BCUT2D eigenvalue weighted by Gasteiger charge is 2.27. The minimum Gasteiger partial charge on any atom is -0.339 e. The number of halogens is 2. The summed E-state index contributed by atoms with van der Waals surface area (Å²) < 4.78 is 1.69. The molecular weight excluding hydrogens is 371 g/mol. The molecule has 0 unspecified atom stereocenters. The number of hydrogen-bond donors (Lipinski definition) is 1. The van der Waals surface area contributed by atoms with Crippen LogP contribution in [0.3, 0.4) is 0 Å². The summed E-state index contributed by atoms with van der Waals surface area (Å²) in [5, 5.41) is 8.31. The average Bonchev–Trinajstić information content (AvgIpc) is 3.01. The minimum atomic E-state index is 0. The van der Waals surface area contributed by atoms with Crippen LogP contribution in [0.4, 0.5) is 0 Å². The second-order valence-electron chi connectivity index (χ2n) is 6.67. The normalized spacial score (nSPS) is 15.0. The Bertz CT molecular complexity index is 739. The standard InChI is InChI=1S/C19H25ClN4O.ClH/c1-21-10-7-14-8-11-24(12-9-14)19(25)16-13-23(2)22-18(16)15-5-3-4-6-17(15)20;/h3-6,13-14,21H,7-12H2,1-2H3;1H. The highest BCUT2D eigenvalue weighted by molar-refractivity contribution is 6.33. The lowest BCUT2D eigenvalue weighted by atomic mass is 9.93. The summed E-state index contributed by atoms with van der Waals surface area (Å²) in [7, 11) is 3.82. The number of piperidine rings is 1. The van der Waals surface area contributed by atoms with Crippen molar-refractivity contribution in [2.45, 2.75) is 19.3 Å². The maximum Gasteiger partial charge on any atom is 0.257 e. The summed E-state index contributed by atoms with van der Waals surface area (Å²) in [5.41, 5.74) is 2.09. The van der Waals surface area contributed by atoms with Crippen molar-refractivity contribution in [1.29, 1.82) is 0 Å². The van der Waals surface area contributed by atoms with Crippen LogP contribution in [0.1, 0.15) is 29.6 Å². The zero-order valence-corrected chi connectivity index (χ0v) is 16.8. The number of carbonyl (C=O) groups excluding carboxylic acids is 1. The van der Waals surface area contributed by atoms with Crippen molar-refractivity contribution in [3.63, 3.8) is 0 Å². The molecule has 1 saturated heterocycles. The van der Waals surface area contributed by atoms with Crippen LogP contribution in [-0.4, -0.2) is 47.3 Å². The van der Waals surface area contributed by atoms with Gasteiger partial charge in [0.1, 0.15) is 5.69 Å². The van der Waals surface area contributed by atoms with Gasteiger partial charge in [0.05, 0.1) is 10.6 Å². The predicted molar refractivity (Wildman–Crippen MR) is 108 cm³/mol. The van der Waals surface area contributed by atoms with Crippen molar-refractivity contribution in [3.8, 4) is 11.3 Å². The van der Waals surface area contributed by atoms with Gasteiger partial charge in [-0.05, 0) is 44.8 Å². The minimum absolute atomic E-state index is 0. The van der Waals surface area contributed by atoms with Crippen LogP contribution >= 0.6 is 24.0 Å². The van der Waals surface area contributed by atoms with Gasteiger partial charge in [0, 0.05) is 31.9 Å². The van der Waals surface area contributed by atoms with Crippen LogP contribution < -0.4 is 5.32 Å². The van der Waals surface area contributed by atoms with Crippen LogP contribution in [0.15, 0.2) is 30.5 Å². The third-order valence-corrected chi connectivity index (χ3v) is 5.22. The Balaban J connectivity index is 0.00000243. The molecule has 142 valence electrons. The van der Waals surface area contributed by atoms with Crippen molar-refractivity contribution >= 4 is 29.9 Å². The lowest BCUT2D eigenvalue weighted by Crippen LogP contribution is -2.39. The van der Waals surface area contributed by atoms with Gasteiger partial charge in [-0.25, -0.2) is 0 Å². The van der Waals surface area contributed by atoms with Crippen molar-refractivity contribution in [2.75, 3.05) is 26.7 Å². The molecule has 1 N–H and O–H groups in total. The number of aryl methyl sites for hydroxylation is 1. The van der Waals surface area contributed by atoms with Crippen molar-refractivity contribution < 1.29 is 4.79 Å². The summed E-state index contributed by atoms with van der Waals surface area (Å²) >= 11 is 6.32. The van der Waals surface area contributed by atoms with Crippen LogP contribution in [0, 0.1) is 5.92 Å². The molecule has 7 heteroatoms. The number of likely N-dealkylation sites (tertiary alicyclic amines) is 1. The topological polar surface area (TPSA) is 50.2 Å². The molecule has 1 aromatic heterocycles. The van der Waals surface area contributed by atoms with Gasteiger partial charge >= 0.3 is 0 Å². The first-order valence-electron chi connectivity index (χ1n) is 8.82. The van der Waals surface area contributed by atoms with Gasteiger partial charge in [-0.15, -0.1) is 12.4 Å². The number of amides is 1. The monoisotopic (exact) mass is 396 g/mol. The molecule has 2 heterocycles. The quantitative estimate of drug-likeness (QED) is 0.839. The van der Waals surface area contributed by atoms with E-state index in [0.29, 0.717) is 22.2 Å². The van der Waals surface area contributed by atoms with Crippen molar-refractivity contribution in [2.24, 2.45) is 13.0 Å². The van der Waals surface area contributed by atoms with E-state index in [4.69, 9.17) is 11.6 Å². The Hall–Kier alpha value is -1.56. The predicted octanol–water partition coefficient (Wildman–Crippen LogP) is 3.62. The molecule has 2 aromatic rings. The second-order valence-corrected chi connectivity index (χ2v) is 7.08. The Morgan fingerprint density at radius 2 is 2.00 bits per heavy atom. The maximum atomic E-state index is 13.1. The Kier molecular flexibility index (Phi) is 7.50. The van der Waals surface area contributed by atoms with Gasteiger partial charge < -0.3 is 10.2 Å². The molecule has 0 atom stereocenters.